The third-order valence-electron chi connectivity index (χ3n) is 1.67. The van der Waals surface area contributed by atoms with Gasteiger partial charge in [0.2, 0.25) is 0 Å². The summed E-state index contributed by atoms with van der Waals surface area (Å²) in [6.45, 7) is 0. The second-order valence-corrected chi connectivity index (χ2v) is 5.26. The molecule has 0 heterocycles. The molecule has 2 unspecified atom stereocenters. The molecule has 0 amide bonds. The summed E-state index contributed by atoms with van der Waals surface area (Å²) in [6, 6.07) is 0. The average Bonchev–Trinajstić information content (AvgIpc) is 2.00. The molecule has 2 N–H and O–H groups in total. The van der Waals surface area contributed by atoms with Crippen molar-refractivity contribution in [1.29, 1.82) is 0 Å². The van der Waals surface area contributed by atoms with E-state index >= 15 is 0 Å². The zero-order chi connectivity index (χ0) is 11.1. The van der Waals surface area contributed by atoms with E-state index in [1.807, 2.05) is 0 Å². The Morgan fingerprint density at radius 2 is 1.93 bits per heavy atom. The maximum atomic E-state index is 10.7. The van der Waals surface area contributed by atoms with Gasteiger partial charge in [-0.15, -0.1) is 0 Å². The molecule has 0 fully saturated rings. The van der Waals surface area contributed by atoms with Crippen molar-refractivity contribution in [3.8, 4) is 0 Å². The van der Waals surface area contributed by atoms with Crippen LogP contribution >= 0.6 is 19.3 Å². The Bertz CT molecular complexity index is 242. The fourth-order valence-electron chi connectivity index (χ4n) is 0.981. The normalized spacial score (nSPS) is 13.4. The van der Waals surface area contributed by atoms with Gasteiger partial charge in [-0.3, -0.25) is 9.59 Å². The summed E-state index contributed by atoms with van der Waals surface area (Å²) in [4.78, 5) is 20.8. The first kappa shape index (κ1) is 13.4. The van der Waals surface area contributed by atoms with Gasteiger partial charge in [0.05, 0.1) is 0 Å². The predicted octanol–water partition coefficient (Wildman–Crippen LogP) is 1.61. The smallest absolute Gasteiger partial charge is 0.408 e. The van der Waals surface area contributed by atoms with E-state index in [2.05, 4.69) is 12.2 Å². The van der Waals surface area contributed by atoms with Crippen LogP contribution in [0.5, 0.6) is 0 Å². The molecule has 80 valence electrons. The third kappa shape index (κ3) is 6.86. The molecule has 0 bridgehead atoms. The molecule has 0 aliphatic carbocycles. The van der Waals surface area contributed by atoms with Crippen molar-refractivity contribution in [3.05, 3.63) is 0 Å². The number of carboxylic acids is 2. The van der Waals surface area contributed by atoms with Gasteiger partial charge in [0.1, 0.15) is 18.2 Å². The van der Waals surface area contributed by atoms with Crippen LogP contribution in [0.1, 0.15) is 19.3 Å². The quantitative estimate of drug-likeness (QED) is 0.463. The molecule has 5 nitrogen and oxygen atoms in total. The lowest BCUT2D eigenvalue weighted by atomic mass is 10.0. The van der Waals surface area contributed by atoms with Gasteiger partial charge in [-0.2, -0.15) is 0 Å². The van der Waals surface area contributed by atoms with Crippen molar-refractivity contribution >= 4 is 31.2 Å². The molecule has 7 heteroatoms. The van der Waals surface area contributed by atoms with E-state index in [1.165, 1.54) is 0 Å². The van der Waals surface area contributed by atoms with Gasteiger partial charge < -0.3 is 10.2 Å². The van der Waals surface area contributed by atoms with Gasteiger partial charge in [-0.25, -0.2) is 0 Å². The highest BCUT2D eigenvalue weighted by Gasteiger charge is 2.26. The molecule has 0 aliphatic heterocycles. The number of thiol groups is 1. The van der Waals surface area contributed by atoms with Gasteiger partial charge in [0, 0.05) is 6.42 Å². The number of aliphatic carboxylic acids is 2. The molecule has 0 radical (unpaired) electrons. The Morgan fingerprint density at radius 3 is 2.29 bits per heavy atom. The van der Waals surface area contributed by atoms with E-state index in [0.29, 0.717) is 0 Å². The number of hydrogen-bond donors (Lipinski definition) is 3. The fourth-order valence-corrected chi connectivity index (χ4v) is 2.29. The van der Waals surface area contributed by atoms with Crippen LogP contribution in [-0.2, 0) is 14.2 Å². The van der Waals surface area contributed by atoms with Crippen molar-refractivity contribution in [1.82, 2.24) is 0 Å². The summed E-state index contributed by atoms with van der Waals surface area (Å²) in [5.41, 5.74) is 0. The Kier molecular flexibility index (Phi) is 6.49. The molecule has 0 spiro atoms. The van der Waals surface area contributed by atoms with Crippen molar-refractivity contribution in [2.24, 2.45) is 5.92 Å². The first-order valence-corrected chi connectivity index (χ1v) is 6.61. The molecule has 0 aliphatic rings. The summed E-state index contributed by atoms with van der Waals surface area (Å²) in [5.74, 6) is -2.76. The maximum Gasteiger partial charge on any atom is 0.408 e. The van der Waals surface area contributed by atoms with Crippen LogP contribution < -0.4 is 0 Å². The third-order valence-corrected chi connectivity index (χ3v) is 2.91. The summed E-state index contributed by atoms with van der Waals surface area (Å²) in [7, 11) is -1.79. The van der Waals surface area contributed by atoms with Gasteiger partial charge in [0.25, 0.3) is 0 Å². The van der Waals surface area contributed by atoms with Crippen LogP contribution in [0.25, 0.3) is 0 Å². The minimum atomic E-state index is -1.79. The number of hydrogen-bond acceptors (Lipinski definition) is 3. The molecule has 0 aromatic heterocycles. The van der Waals surface area contributed by atoms with Crippen molar-refractivity contribution in [2.45, 2.75) is 19.3 Å². The number of rotatable bonds is 7. The molecule has 0 aromatic rings. The first-order chi connectivity index (χ1) is 6.43. The lowest BCUT2D eigenvalue weighted by molar-refractivity contribution is -0.142. The minimum absolute atomic E-state index is 0.00655. The first-order valence-electron chi connectivity index (χ1n) is 4.01. The highest BCUT2D eigenvalue weighted by Crippen LogP contribution is 2.30. The van der Waals surface area contributed by atoms with Crippen molar-refractivity contribution in [2.75, 3.05) is 6.16 Å². The van der Waals surface area contributed by atoms with Crippen LogP contribution in [0.3, 0.4) is 0 Å². The Hall–Kier alpha value is -0.610. The van der Waals surface area contributed by atoms with Gasteiger partial charge in [0.15, 0.2) is 6.16 Å². The van der Waals surface area contributed by atoms with Crippen LogP contribution in [-0.4, -0.2) is 28.3 Å². The van der Waals surface area contributed by atoms with Crippen LogP contribution in [0.2, 0.25) is 0 Å². The number of carboxylic acid groups (broad SMARTS) is 2. The highest BCUT2D eigenvalue weighted by molar-refractivity contribution is 8.40. The second kappa shape index (κ2) is 6.79. The maximum absolute atomic E-state index is 10.7. The second-order valence-electron chi connectivity index (χ2n) is 2.86. The standard InChI is InChI=1S/C7H11O5PS/c8-6(9)3-1-2-5(7(10)11)4-13(12)14/h5H,1-4H2,(H2-,8,9,10,11,12,14)/p+1. The van der Waals surface area contributed by atoms with Gasteiger partial charge in [-0.05, 0) is 12.8 Å². The van der Waals surface area contributed by atoms with E-state index in [9.17, 15) is 14.2 Å². The SMILES string of the molecule is O=C(O)CCCC(C[P+](=O)S)C(=O)O. The Morgan fingerprint density at radius 1 is 1.36 bits per heavy atom. The van der Waals surface area contributed by atoms with E-state index in [0.717, 1.165) is 0 Å². The van der Waals surface area contributed by atoms with E-state index in [4.69, 9.17) is 10.2 Å². The van der Waals surface area contributed by atoms with Gasteiger partial charge >= 0.3 is 18.9 Å². The molecule has 14 heavy (non-hydrogen) atoms. The lowest BCUT2D eigenvalue weighted by Gasteiger charge is -2.04. The molecule has 0 saturated heterocycles. The van der Waals surface area contributed by atoms with Crippen molar-refractivity contribution in [3.63, 3.8) is 0 Å². The fraction of sp³-hybridized carbons (Fsp3) is 0.714. The Balaban J connectivity index is 3.91. The summed E-state index contributed by atoms with van der Waals surface area (Å²) >= 11 is 3.62. The summed E-state index contributed by atoms with van der Waals surface area (Å²) in [6.07, 6.45) is 0.438. The molecule has 2 atom stereocenters. The monoisotopic (exact) mass is 239 g/mol. The highest BCUT2D eigenvalue weighted by atomic mass is 32.7. The molecular formula is C7H12O5PS+. The lowest BCUT2D eigenvalue weighted by Crippen LogP contribution is -2.16. The van der Waals surface area contributed by atoms with Crippen LogP contribution in [0.15, 0.2) is 0 Å². The largest absolute Gasteiger partial charge is 0.481 e. The minimum Gasteiger partial charge on any atom is -0.481 e. The summed E-state index contributed by atoms with van der Waals surface area (Å²) in [5, 5.41) is 17.0. The van der Waals surface area contributed by atoms with E-state index < -0.39 is 24.9 Å². The van der Waals surface area contributed by atoms with Gasteiger partial charge in [-0.1, -0.05) is 4.57 Å². The molecule has 0 rings (SSSR count). The average molecular weight is 239 g/mol. The zero-order valence-electron chi connectivity index (χ0n) is 7.42. The Labute approximate surface area is 87.4 Å². The summed E-state index contributed by atoms with van der Waals surface area (Å²) < 4.78 is 10.7. The van der Waals surface area contributed by atoms with E-state index in [1.54, 1.807) is 0 Å². The zero-order valence-corrected chi connectivity index (χ0v) is 9.21. The predicted molar refractivity (Wildman–Crippen MR) is 54.1 cm³/mol. The topological polar surface area (TPSA) is 91.7 Å². The molecular weight excluding hydrogens is 227 g/mol. The van der Waals surface area contributed by atoms with Crippen molar-refractivity contribution < 1.29 is 24.4 Å². The van der Waals surface area contributed by atoms with Crippen LogP contribution in [0, 0.1) is 5.92 Å². The van der Waals surface area contributed by atoms with Crippen LogP contribution in [0.4, 0.5) is 0 Å². The molecule has 0 aromatic carbocycles. The molecule has 0 saturated carbocycles. The van der Waals surface area contributed by atoms with E-state index in [-0.39, 0.29) is 25.4 Å². The number of carbonyl (C=O) groups is 2.